The number of para-hydroxylation sites is 2. The summed E-state index contributed by atoms with van der Waals surface area (Å²) < 4.78 is 39.6. The van der Waals surface area contributed by atoms with Gasteiger partial charge in [0.15, 0.2) is 34.6 Å². The Hall–Kier alpha value is -1.16. The number of fused-ring (bicyclic) bond motifs is 2. The lowest BCUT2D eigenvalue weighted by molar-refractivity contribution is 0.355. The smallest absolute Gasteiger partial charge is 0.192 e. The molecule has 0 N–H and O–H groups in total. The van der Waals surface area contributed by atoms with Crippen molar-refractivity contribution in [3.63, 3.8) is 0 Å². The Kier molecular flexibility index (Phi) is 3.47. The van der Waals surface area contributed by atoms with Crippen molar-refractivity contribution < 1.29 is 18.3 Å². The van der Waals surface area contributed by atoms with Gasteiger partial charge in [-0.15, -0.1) is 0 Å². The molecule has 0 aliphatic carbocycles. The highest BCUT2D eigenvalue weighted by Crippen LogP contribution is 2.53. The topological polar surface area (TPSA) is 18.5 Å². The van der Waals surface area contributed by atoms with Crippen molar-refractivity contribution in [3.05, 3.63) is 40.9 Å². The van der Waals surface area contributed by atoms with Crippen molar-refractivity contribution in [2.45, 2.75) is 0 Å². The van der Waals surface area contributed by atoms with Crippen LogP contribution in [-0.4, -0.2) is 13.3 Å². The van der Waals surface area contributed by atoms with Crippen molar-refractivity contribution in [2.24, 2.45) is 0 Å². The number of benzene rings is 2. The normalized spacial score (nSPS) is 13.0. The molecule has 2 aromatic rings. The first kappa shape index (κ1) is 14.8. The molecule has 0 fully saturated rings. The Morgan fingerprint density at radius 3 is 2.05 bits per heavy atom. The number of rotatable bonds is 1. The van der Waals surface area contributed by atoms with E-state index in [1.54, 1.807) is 37.6 Å². The van der Waals surface area contributed by atoms with Crippen LogP contribution < -0.4 is 14.8 Å². The minimum Gasteiger partial charge on any atom is -0.449 e. The lowest BCUT2D eigenvalue weighted by Gasteiger charge is -2.26. The van der Waals surface area contributed by atoms with Gasteiger partial charge in [-0.2, -0.15) is 0 Å². The zero-order valence-electron chi connectivity index (χ0n) is 11.1. The van der Waals surface area contributed by atoms with Gasteiger partial charge >= 0.3 is 0 Å². The second-order valence-electron chi connectivity index (χ2n) is 4.95. The molecule has 1 aliphatic heterocycles. The van der Waals surface area contributed by atoms with Gasteiger partial charge in [0, 0.05) is 0 Å². The zero-order valence-corrected chi connectivity index (χ0v) is 13.6. The van der Waals surface area contributed by atoms with Gasteiger partial charge in [0.25, 0.3) is 0 Å². The lowest BCUT2D eigenvalue weighted by atomic mass is 10.2. The predicted octanol–water partition coefficient (Wildman–Crippen LogP) is 4.88. The number of hydrogen-bond donors (Lipinski definition) is 0. The van der Waals surface area contributed by atoms with Crippen LogP contribution >= 0.6 is 17.6 Å². The van der Waals surface area contributed by atoms with Crippen LogP contribution in [0.1, 0.15) is 0 Å². The molecular weight excluding hydrogens is 337 g/mol. The summed E-state index contributed by atoms with van der Waals surface area (Å²) in [6, 6.07) is 4.50. The van der Waals surface area contributed by atoms with Crippen LogP contribution in [0.2, 0.25) is 5.02 Å². The Morgan fingerprint density at radius 2 is 1.52 bits per heavy atom. The van der Waals surface area contributed by atoms with Gasteiger partial charge in [-0.05, 0) is 31.5 Å². The fraction of sp³-hybridized carbons (Fsp3) is 0.143. The largest absolute Gasteiger partial charge is 0.449 e. The minimum absolute atomic E-state index is 0.0257. The molecule has 1 heterocycles. The van der Waals surface area contributed by atoms with E-state index in [2.05, 4.69) is 0 Å². The molecule has 0 atom stereocenters. The van der Waals surface area contributed by atoms with Crippen LogP contribution in [-0.2, 0) is 11.8 Å². The van der Waals surface area contributed by atoms with E-state index in [1.807, 2.05) is 0 Å². The summed E-state index contributed by atoms with van der Waals surface area (Å²) in [6.07, 6.45) is 0. The first-order chi connectivity index (χ1) is 9.80. The van der Waals surface area contributed by atoms with Gasteiger partial charge in [-0.25, -0.2) is 8.78 Å². The number of ether oxygens (including phenoxy) is 2. The SMILES string of the molecule is CP(C)(=S)c1c(F)c(F)c(Cl)c2c1Oc1ccccc1O2. The third-order valence-electron chi connectivity index (χ3n) is 3.03. The molecule has 2 aromatic carbocycles. The molecule has 1 aliphatic rings. The lowest BCUT2D eigenvalue weighted by Crippen LogP contribution is -2.18. The number of halogens is 3. The summed E-state index contributed by atoms with van der Waals surface area (Å²) in [5, 5.41) is -0.409. The van der Waals surface area contributed by atoms with E-state index >= 15 is 0 Å². The van der Waals surface area contributed by atoms with Crippen molar-refractivity contribution in [3.8, 4) is 23.0 Å². The standard InChI is InChI=1S/C14H10ClF2O2PS/c1-20(2,21)14-11(17)10(16)9(15)12-13(14)19-8-6-4-3-5-7(8)18-12/h3-6H,1-2H3. The summed E-state index contributed by atoms with van der Waals surface area (Å²) in [5.41, 5.74) is 0. The molecule has 3 rings (SSSR count). The fourth-order valence-corrected chi connectivity index (χ4v) is 4.02. The molecule has 110 valence electrons. The third-order valence-corrected chi connectivity index (χ3v) is 5.39. The van der Waals surface area contributed by atoms with Crippen LogP contribution in [0.15, 0.2) is 24.3 Å². The van der Waals surface area contributed by atoms with Gasteiger partial charge < -0.3 is 9.47 Å². The fourth-order valence-electron chi connectivity index (χ4n) is 2.11. The zero-order chi connectivity index (χ0) is 15.4. The van der Waals surface area contributed by atoms with Crippen molar-refractivity contribution in [2.75, 3.05) is 13.3 Å². The molecule has 7 heteroatoms. The first-order valence-corrected chi connectivity index (χ1v) is 10.1. The molecule has 0 aromatic heterocycles. The van der Waals surface area contributed by atoms with Gasteiger partial charge in [-0.1, -0.05) is 35.5 Å². The second-order valence-corrected chi connectivity index (χ2v) is 11.2. The van der Waals surface area contributed by atoms with Crippen molar-refractivity contribution in [1.29, 1.82) is 0 Å². The summed E-state index contributed by atoms with van der Waals surface area (Å²) in [7, 11) is 0. The maximum absolute atomic E-state index is 14.3. The van der Waals surface area contributed by atoms with Crippen LogP contribution in [0.4, 0.5) is 8.78 Å². The quantitative estimate of drug-likeness (QED) is 0.462. The average Bonchev–Trinajstić information content (AvgIpc) is 2.42. The summed E-state index contributed by atoms with van der Waals surface area (Å²) in [6.45, 7) is 3.39. The van der Waals surface area contributed by atoms with Gasteiger partial charge in [-0.3, -0.25) is 0 Å². The predicted molar refractivity (Wildman–Crippen MR) is 83.7 cm³/mol. The minimum atomic E-state index is -2.32. The van der Waals surface area contributed by atoms with Gasteiger partial charge in [0.2, 0.25) is 0 Å². The van der Waals surface area contributed by atoms with Gasteiger partial charge in [0.1, 0.15) is 5.02 Å². The highest BCUT2D eigenvalue weighted by molar-refractivity contribution is 8.17. The van der Waals surface area contributed by atoms with E-state index in [4.69, 9.17) is 32.9 Å². The maximum Gasteiger partial charge on any atom is 0.192 e. The van der Waals surface area contributed by atoms with E-state index < -0.39 is 22.7 Å². The molecule has 0 radical (unpaired) electrons. The van der Waals surface area contributed by atoms with Gasteiger partial charge in [0.05, 0.1) is 5.30 Å². The Bertz CT molecular complexity index is 804. The number of hydrogen-bond acceptors (Lipinski definition) is 3. The van der Waals surface area contributed by atoms with E-state index in [0.29, 0.717) is 11.5 Å². The summed E-state index contributed by atoms with van der Waals surface area (Å²) >= 11 is 11.2. The van der Waals surface area contributed by atoms with Crippen molar-refractivity contribution >= 4 is 34.8 Å². The molecule has 2 nitrogen and oxygen atoms in total. The Balaban J connectivity index is 2.33. The highest BCUT2D eigenvalue weighted by Gasteiger charge is 2.33. The van der Waals surface area contributed by atoms with E-state index in [9.17, 15) is 8.78 Å². The molecular formula is C14H10ClF2O2PS. The average molecular weight is 347 g/mol. The monoisotopic (exact) mass is 346 g/mol. The van der Waals surface area contributed by atoms with E-state index in [-0.39, 0.29) is 16.8 Å². The van der Waals surface area contributed by atoms with Crippen LogP contribution in [0.25, 0.3) is 0 Å². The first-order valence-electron chi connectivity index (χ1n) is 6.01. The summed E-state index contributed by atoms with van der Waals surface area (Å²) in [5.74, 6) is -1.37. The molecule has 0 unspecified atom stereocenters. The second kappa shape index (κ2) is 4.94. The molecule has 0 saturated carbocycles. The summed E-state index contributed by atoms with van der Waals surface area (Å²) in [4.78, 5) is 0. The molecule has 21 heavy (non-hydrogen) atoms. The van der Waals surface area contributed by atoms with Crippen LogP contribution in [0.5, 0.6) is 23.0 Å². The molecule has 0 saturated heterocycles. The molecule has 0 spiro atoms. The Morgan fingerprint density at radius 1 is 1.00 bits per heavy atom. The third kappa shape index (κ3) is 2.33. The van der Waals surface area contributed by atoms with Crippen molar-refractivity contribution in [1.82, 2.24) is 0 Å². The van der Waals surface area contributed by atoms with E-state index in [0.717, 1.165) is 0 Å². The van der Waals surface area contributed by atoms with E-state index in [1.165, 1.54) is 0 Å². The van der Waals surface area contributed by atoms with Crippen LogP contribution in [0.3, 0.4) is 0 Å². The Labute approximate surface area is 130 Å². The van der Waals surface area contributed by atoms with Crippen LogP contribution in [0, 0.1) is 11.6 Å². The highest BCUT2D eigenvalue weighted by atomic mass is 35.5. The molecule has 0 amide bonds. The molecule has 0 bridgehead atoms. The maximum atomic E-state index is 14.3.